The van der Waals surface area contributed by atoms with Gasteiger partial charge in [-0.3, -0.25) is 9.78 Å². The number of nitrogens with two attached hydrogens (primary N) is 1. The minimum atomic E-state index is -0.608. The molecule has 1 amide bonds. The van der Waals surface area contributed by atoms with Crippen molar-refractivity contribution in [1.82, 2.24) is 20.1 Å². The average Bonchev–Trinajstić information content (AvgIpc) is 3.11. The van der Waals surface area contributed by atoms with Crippen molar-refractivity contribution in [3.8, 4) is 5.69 Å². The highest BCUT2D eigenvalue weighted by molar-refractivity contribution is 5.94. The number of benzene rings is 1. The standard InChI is InChI=1S/C17H16FN5O/c18-15-4-2-1-3-14(15)16(9-19)22-17(24)12-10-21-23(11-12)13-5-7-20-8-6-13/h1-8,10-11,16H,9,19H2,(H,22,24). The van der Waals surface area contributed by atoms with Crippen LogP contribution >= 0.6 is 0 Å². The van der Waals surface area contributed by atoms with Gasteiger partial charge in [-0.05, 0) is 18.2 Å². The molecule has 24 heavy (non-hydrogen) atoms. The Labute approximate surface area is 138 Å². The number of hydrogen-bond donors (Lipinski definition) is 2. The molecular weight excluding hydrogens is 309 g/mol. The van der Waals surface area contributed by atoms with Crippen LogP contribution in [0.5, 0.6) is 0 Å². The molecule has 0 spiro atoms. The number of carbonyl (C=O) groups excluding carboxylic acids is 1. The molecule has 1 unspecified atom stereocenters. The van der Waals surface area contributed by atoms with Crippen LogP contribution in [-0.4, -0.2) is 27.2 Å². The lowest BCUT2D eigenvalue weighted by Crippen LogP contribution is -2.33. The number of nitrogens with zero attached hydrogens (tertiary/aromatic N) is 3. The Hall–Kier alpha value is -3.06. The van der Waals surface area contributed by atoms with Crippen molar-refractivity contribution in [2.45, 2.75) is 6.04 Å². The van der Waals surface area contributed by atoms with Gasteiger partial charge in [0.15, 0.2) is 0 Å². The van der Waals surface area contributed by atoms with Crippen LogP contribution in [0.4, 0.5) is 4.39 Å². The normalized spacial score (nSPS) is 11.9. The number of amides is 1. The van der Waals surface area contributed by atoms with Crippen LogP contribution in [0.1, 0.15) is 22.0 Å². The van der Waals surface area contributed by atoms with E-state index in [2.05, 4.69) is 15.4 Å². The first kappa shape index (κ1) is 15.8. The third-order valence-corrected chi connectivity index (χ3v) is 3.59. The molecule has 0 saturated carbocycles. The molecule has 0 aliphatic carbocycles. The maximum Gasteiger partial charge on any atom is 0.255 e. The van der Waals surface area contributed by atoms with Gasteiger partial charge in [0.1, 0.15) is 5.82 Å². The van der Waals surface area contributed by atoms with Crippen LogP contribution in [0.2, 0.25) is 0 Å². The lowest BCUT2D eigenvalue weighted by Gasteiger charge is -2.17. The summed E-state index contributed by atoms with van der Waals surface area (Å²) < 4.78 is 15.4. The van der Waals surface area contributed by atoms with Gasteiger partial charge in [0, 0.05) is 30.7 Å². The summed E-state index contributed by atoms with van der Waals surface area (Å²) >= 11 is 0. The summed E-state index contributed by atoms with van der Waals surface area (Å²) in [6.07, 6.45) is 6.32. The second-order valence-electron chi connectivity index (χ2n) is 5.16. The van der Waals surface area contributed by atoms with E-state index in [1.807, 2.05) is 0 Å². The van der Waals surface area contributed by atoms with Crippen molar-refractivity contribution in [3.05, 3.63) is 78.1 Å². The monoisotopic (exact) mass is 325 g/mol. The molecule has 2 heterocycles. The Kier molecular flexibility index (Phi) is 4.62. The summed E-state index contributed by atoms with van der Waals surface area (Å²) in [5.41, 5.74) is 7.19. The highest BCUT2D eigenvalue weighted by Gasteiger charge is 2.18. The van der Waals surface area contributed by atoms with Gasteiger partial charge in [0.05, 0.1) is 23.5 Å². The average molecular weight is 325 g/mol. The molecule has 6 nitrogen and oxygen atoms in total. The first-order valence-corrected chi connectivity index (χ1v) is 7.39. The van der Waals surface area contributed by atoms with Crippen molar-refractivity contribution >= 4 is 5.91 Å². The van der Waals surface area contributed by atoms with E-state index < -0.39 is 11.9 Å². The zero-order valence-corrected chi connectivity index (χ0v) is 12.8. The second-order valence-corrected chi connectivity index (χ2v) is 5.16. The Bertz CT molecular complexity index is 834. The van der Waals surface area contributed by atoms with Gasteiger partial charge in [-0.15, -0.1) is 0 Å². The zero-order chi connectivity index (χ0) is 16.9. The quantitative estimate of drug-likeness (QED) is 0.749. The Morgan fingerprint density at radius 1 is 1.25 bits per heavy atom. The fourth-order valence-corrected chi connectivity index (χ4v) is 2.34. The summed E-state index contributed by atoms with van der Waals surface area (Å²) in [4.78, 5) is 16.3. The van der Waals surface area contributed by atoms with E-state index in [1.165, 1.54) is 12.3 Å². The molecule has 7 heteroatoms. The number of pyridine rings is 1. The minimum Gasteiger partial charge on any atom is -0.344 e. The summed E-state index contributed by atoms with van der Waals surface area (Å²) in [7, 11) is 0. The van der Waals surface area contributed by atoms with Crippen LogP contribution in [0.15, 0.2) is 61.2 Å². The van der Waals surface area contributed by atoms with Crippen molar-refractivity contribution < 1.29 is 9.18 Å². The van der Waals surface area contributed by atoms with Crippen LogP contribution < -0.4 is 11.1 Å². The van der Waals surface area contributed by atoms with Crippen molar-refractivity contribution in [2.75, 3.05) is 6.54 Å². The molecule has 0 fully saturated rings. The highest BCUT2D eigenvalue weighted by atomic mass is 19.1. The predicted molar refractivity (Wildman–Crippen MR) is 87.0 cm³/mol. The van der Waals surface area contributed by atoms with Crippen molar-refractivity contribution in [2.24, 2.45) is 5.73 Å². The highest BCUT2D eigenvalue weighted by Crippen LogP contribution is 2.16. The fraction of sp³-hybridized carbons (Fsp3) is 0.118. The zero-order valence-electron chi connectivity index (χ0n) is 12.8. The molecule has 1 atom stereocenters. The van der Waals surface area contributed by atoms with Gasteiger partial charge in [0.2, 0.25) is 0 Å². The van der Waals surface area contributed by atoms with E-state index in [-0.39, 0.29) is 12.5 Å². The summed E-state index contributed by atoms with van der Waals surface area (Å²) in [6, 6.07) is 9.18. The number of carbonyl (C=O) groups is 1. The molecule has 3 rings (SSSR count). The Morgan fingerprint density at radius 3 is 2.71 bits per heavy atom. The molecule has 0 aliphatic rings. The first-order chi connectivity index (χ1) is 11.7. The molecule has 0 radical (unpaired) electrons. The molecular formula is C17H16FN5O. The molecule has 3 N–H and O–H groups in total. The van der Waals surface area contributed by atoms with E-state index in [0.29, 0.717) is 11.1 Å². The number of aromatic nitrogens is 3. The second kappa shape index (κ2) is 7.01. The van der Waals surface area contributed by atoms with Gasteiger partial charge < -0.3 is 11.1 Å². The van der Waals surface area contributed by atoms with E-state index in [0.717, 1.165) is 5.69 Å². The van der Waals surface area contributed by atoms with Gasteiger partial charge >= 0.3 is 0 Å². The third kappa shape index (κ3) is 3.31. The number of nitrogens with one attached hydrogen (secondary N) is 1. The molecule has 122 valence electrons. The van der Waals surface area contributed by atoms with Crippen LogP contribution in [0.25, 0.3) is 5.69 Å². The van der Waals surface area contributed by atoms with Crippen molar-refractivity contribution in [1.29, 1.82) is 0 Å². The molecule has 3 aromatic rings. The number of hydrogen-bond acceptors (Lipinski definition) is 4. The maximum absolute atomic E-state index is 13.9. The lowest BCUT2D eigenvalue weighted by atomic mass is 10.1. The summed E-state index contributed by atoms with van der Waals surface area (Å²) in [6.45, 7) is 0.0885. The summed E-state index contributed by atoms with van der Waals surface area (Å²) in [5, 5.41) is 6.89. The topological polar surface area (TPSA) is 85.8 Å². The SMILES string of the molecule is NCC(NC(=O)c1cnn(-c2ccncc2)c1)c1ccccc1F. The van der Waals surface area contributed by atoms with E-state index in [1.54, 1.807) is 53.6 Å². The molecule has 1 aromatic carbocycles. The van der Waals surface area contributed by atoms with Gasteiger partial charge in [0.25, 0.3) is 5.91 Å². The third-order valence-electron chi connectivity index (χ3n) is 3.59. The number of rotatable bonds is 5. The van der Waals surface area contributed by atoms with E-state index in [9.17, 15) is 9.18 Å². The molecule has 0 aliphatic heterocycles. The fourth-order valence-electron chi connectivity index (χ4n) is 2.34. The minimum absolute atomic E-state index is 0.0885. The first-order valence-electron chi connectivity index (χ1n) is 7.39. The Morgan fingerprint density at radius 2 is 2.00 bits per heavy atom. The molecule has 0 saturated heterocycles. The van der Waals surface area contributed by atoms with Gasteiger partial charge in [-0.1, -0.05) is 18.2 Å². The maximum atomic E-state index is 13.9. The largest absolute Gasteiger partial charge is 0.344 e. The van der Waals surface area contributed by atoms with E-state index in [4.69, 9.17) is 5.73 Å². The van der Waals surface area contributed by atoms with Gasteiger partial charge in [-0.2, -0.15) is 5.10 Å². The van der Waals surface area contributed by atoms with Crippen LogP contribution in [-0.2, 0) is 0 Å². The molecule has 0 bridgehead atoms. The van der Waals surface area contributed by atoms with E-state index >= 15 is 0 Å². The Balaban J connectivity index is 1.77. The number of halogens is 1. The van der Waals surface area contributed by atoms with Gasteiger partial charge in [-0.25, -0.2) is 9.07 Å². The van der Waals surface area contributed by atoms with Crippen LogP contribution in [0.3, 0.4) is 0 Å². The smallest absolute Gasteiger partial charge is 0.255 e. The predicted octanol–water partition coefficient (Wildman–Crippen LogP) is 1.84. The van der Waals surface area contributed by atoms with Crippen molar-refractivity contribution in [3.63, 3.8) is 0 Å². The summed E-state index contributed by atoms with van der Waals surface area (Å²) in [5.74, 6) is -0.769. The molecule has 2 aromatic heterocycles. The van der Waals surface area contributed by atoms with Crippen LogP contribution in [0, 0.1) is 5.82 Å². The lowest BCUT2D eigenvalue weighted by molar-refractivity contribution is 0.0937.